The summed E-state index contributed by atoms with van der Waals surface area (Å²) in [7, 11) is 0. The van der Waals surface area contributed by atoms with Gasteiger partial charge in [0.15, 0.2) is 0 Å². The number of hydrogen-bond donors (Lipinski definition) is 1. The van der Waals surface area contributed by atoms with Gasteiger partial charge in [-0.25, -0.2) is 0 Å². The topological polar surface area (TPSA) is 76.4 Å². The minimum absolute atomic E-state index is 0.0103. The van der Waals surface area contributed by atoms with Crippen LogP contribution < -0.4 is 5.32 Å². The van der Waals surface area contributed by atoms with E-state index in [9.17, 15) is 9.59 Å². The molecule has 0 atom stereocenters. The van der Waals surface area contributed by atoms with Gasteiger partial charge in [0.05, 0.1) is 11.6 Å². The number of rotatable bonds is 5. The molecule has 33 heavy (non-hydrogen) atoms. The summed E-state index contributed by atoms with van der Waals surface area (Å²) in [4.78, 5) is 29.6. The highest BCUT2D eigenvalue weighted by Gasteiger charge is 2.20. The second kappa shape index (κ2) is 10.6. The third-order valence-electron chi connectivity index (χ3n) is 5.79. The first kappa shape index (κ1) is 22.3. The summed E-state index contributed by atoms with van der Waals surface area (Å²) in [5.41, 5.74) is 3.70. The maximum absolute atomic E-state index is 13.0. The highest BCUT2D eigenvalue weighted by molar-refractivity contribution is 6.04. The molecule has 0 aromatic heterocycles. The molecule has 0 aliphatic carbocycles. The summed E-state index contributed by atoms with van der Waals surface area (Å²) in [5, 5.41) is 11.8. The van der Waals surface area contributed by atoms with Crippen LogP contribution in [0.2, 0.25) is 0 Å². The third-order valence-corrected chi connectivity index (χ3v) is 5.79. The Kier molecular flexibility index (Phi) is 7.13. The standard InChI is InChI=1S/C27H26N4O2/c28-19-21-7-9-22(10-8-21)20-30-15-4-16-31(18-17-30)27(33)24-11-13-25(14-12-24)29-26(32)23-5-2-1-3-6-23/h1-3,5-14H,4,15-18,20H2,(H,29,32). The van der Waals surface area contributed by atoms with Crippen molar-refractivity contribution >= 4 is 17.5 Å². The normalized spacial score (nSPS) is 14.2. The third kappa shape index (κ3) is 5.85. The van der Waals surface area contributed by atoms with Crippen LogP contribution in [0.1, 0.15) is 38.3 Å². The summed E-state index contributed by atoms with van der Waals surface area (Å²) >= 11 is 0. The number of nitriles is 1. The lowest BCUT2D eigenvalue weighted by atomic mass is 10.1. The fourth-order valence-electron chi connectivity index (χ4n) is 3.95. The van der Waals surface area contributed by atoms with Crippen LogP contribution in [-0.2, 0) is 6.54 Å². The molecule has 6 heteroatoms. The number of hydrogen-bond acceptors (Lipinski definition) is 4. The Morgan fingerprint density at radius 3 is 2.24 bits per heavy atom. The molecule has 4 rings (SSSR count). The SMILES string of the molecule is N#Cc1ccc(CN2CCCN(C(=O)c3ccc(NC(=O)c4ccccc4)cc3)CC2)cc1. The first-order valence-corrected chi connectivity index (χ1v) is 11.1. The van der Waals surface area contributed by atoms with E-state index in [1.54, 1.807) is 36.4 Å². The molecular formula is C27H26N4O2. The molecule has 0 radical (unpaired) electrons. The minimum atomic E-state index is -0.176. The van der Waals surface area contributed by atoms with Gasteiger partial charge in [-0.2, -0.15) is 5.26 Å². The lowest BCUT2D eigenvalue weighted by Crippen LogP contribution is -2.35. The average Bonchev–Trinajstić information content (AvgIpc) is 3.10. The molecule has 1 aliphatic heterocycles. The smallest absolute Gasteiger partial charge is 0.255 e. The van der Waals surface area contributed by atoms with Gasteiger partial charge in [-0.1, -0.05) is 30.3 Å². The lowest BCUT2D eigenvalue weighted by molar-refractivity contribution is 0.0761. The lowest BCUT2D eigenvalue weighted by Gasteiger charge is -2.22. The zero-order valence-corrected chi connectivity index (χ0v) is 18.4. The van der Waals surface area contributed by atoms with Gasteiger partial charge in [0, 0.05) is 49.5 Å². The van der Waals surface area contributed by atoms with Crippen LogP contribution in [0.4, 0.5) is 5.69 Å². The molecule has 2 amide bonds. The number of carbonyl (C=O) groups is 2. The number of nitrogens with zero attached hydrogens (tertiary/aromatic N) is 3. The van der Waals surface area contributed by atoms with E-state index in [4.69, 9.17) is 5.26 Å². The molecule has 1 N–H and O–H groups in total. The van der Waals surface area contributed by atoms with Gasteiger partial charge in [0.25, 0.3) is 11.8 Å². The van der Waals surface area contributed by atoms with Gasteiger partial charge < -0.3 is 10.2 Å². The molecule has 6 nitrogen and oxygen atoms in total. The fourth-order valence-corrected chi connectivity index (χ4v) is 3.95. The van der Waals surface area contributed by atoms with Crippen LogP contribution in [0.25, 0.3) is 0 Å². The molecule has 3 aromatic rings. The number of nitrogens with one attached hydrogen (secondary N) is 1. The predicted octanol–water partition coefficient (Wildman–Crippen LogP) is 4.16. The van der Waals surface area contributed by atoms with E-state index >= 15 is 0 Å². The zero-order chi connectivity index (χ0) is 23.0. The molecule has 0 unspecified atom stereocenters. The predicted molar refractivity (Wildman–Crippen MR) is 128 cm³/mol. The number of benzene rings is 3. The number of amides is 2. The first-order chi connectivity index (χ1) is 16.1. The molecule has 1 saturated heterocycles. The Bertz CT molecular complexity index is 1140. The molecule has 166 valence electrons. The summed E-state index contributed by atoms with van der Waals surface area (Å²) < 4.78 is 0. The van der Waals surface area contributed by atoms with Crippen LogP contribution in [0.3, 0.4) is 0 Å². The Morgan fingerprint density at radius 1 is 0.818 bits per heavy atom. The average molecular weight is 439 g/mol. The van der Waals surface area contributed by atoms with Gasteiger partial charge in [-0.3, -0.25) is 14.5 Å². The second-order valence-electron chi connectivity index (χ2n) is 8.13. The maximum Gasteiger partial charge on any atom is 0.255 e. The Balaban J connectivity index is 1.32. The molecule has 3 aromatic carbocycles. The van der Waals surface area contributed by atoms with E-state index in [1.807, 2.05) is 47.4 Å². The van der Waals surface area contributed by atoms with Gasteiger partial charge >= 0.3 is 0 Å². The Labute approximate surface area is 194 Å². The highest BCUT2D eigenvalue weighted by Crippen LogP contribution is 2.16. The van der Waals surface area contributed by atoms with Crippen molar-refractivity contribution in [3.8, 4) is 6.07 Å². The van der Waals surface area contributed by atoms with Crippen molar-refractivity contribution in [3.05, 3.63) is 101 Å². The van der Waals surface area contributed by atoms with Gasteiger partial charge in [0.2, 0.25) is 0 Å². The highest BCUT2D eigenvalue weighted by atomic mass is 16.2. The van der Waals surface area contributed by atoms with E-state index in [1.165, 1.54) is 5.56 Å². The van der Waals surface area contributed by atoms with E-state index in [0.29, 0.717) is 28.9 Å². The summed E-state index contributed by atoms with van der Waals surface area (Å²) in [6, 6.07) is 25.9. The van der Waals surface area contributed by atoms with Crippen molar-refractivity contribution in [3.63, 3.8) is 0 Å². The summed E-state index contributed by atoms with van der Waals surface area (Å²) in [6.07, 6.45) is 0.910. The number of carbonyl (C=O) groups excluding carboxylic acids is 2. The van der Waals surface area contributed by atoms with Crippen molar-refractivity contribution < 1.29 is 9.59 Å². The quantitative estimate of drug-likeness (QED) is 0.649. The van der Waals surface area contributed by atoms with Crippen molar-refractivity contribution in [2.45, 2.75) is 13.0 Å². The molecule has 0 bridgehead atoms. The van der Waals surface area contributed by atoms with E-state index in [0.717, 1.165) is 32.6 Å². The molecule has 0 saturated carbocycles. The van der Waals surface area contributed by atoms with E-state index in [-0.39, 0.29) is 11.8 Å². The van der Waals surface area contributed by atoms with Crippen LogP contribution in [-0.4, -0.2) is 47.8 Å². The van der Waals surface area contributed by atoms with Crippen molar-refractivity contribution in [1.82, 2.24) is 9.80 Å². The Hall–Kier alpha value is -3.95. The van der Waals surface area contributed by atoms with Gasteiger partial charge in [-0.05, 0) is 60.5 Å². The van der Waals surface area contributed by atoms with E-state index in [2.05, 4.69) is 16.3 Å². The molecule has 1 fully saturated rings. The molecule has 0 spiro atoms. The molecule has 1 aliphatic rings. The number of anilines is 1. The van der Waals surface area contributed by atoms with Crippen LogP contribution >= 0.6 is 0 Å². The van der Waals surface area contributed by atoms with Crippen molar-refractivity contribution in [1.29, 1.82) is 5.26 Å². The molecule has 1 heterocycles. The fraction of sp³-hybridized carbons (Fsp3) is 0.222. The first-order valence-electron chi connectivity index (χ1n) is 11.1. The van der Waals surface area contributed by atoms with Crippen molar-refractivity contribution in [2.75, 3.05) is 31.5 Å². The summed E-state index contributed by atoms with van der Waals surface area (Å²) in [6.45, 7) is 3.92. The largest absolute Gasteiger partial charge is 0.337 e. The van der Waals surface area contributed by atoms with Crippen LogP contribution in [0, 0.1) is 11.3 Å². The zero-order valence-electron chi connectivity index (χ0n) is 18.4. The monoisotopic (exact) mass is 438 g/mol. The minimum Gasteiger partial charge on any atom is -0.337 e. The summed E-state index contributed by atoms with van der Waals surface area (Å²) in [5.74, 6) is -0.166. The molecular weight excluding hydrogens is 412 g/mol. The van der Waals surface area contributed by atoms with Crippen molar-refractivity contribution in [2.24, 2.45) is 0 Å². The Morgan fingerprint density at radius 2 is 1.55 bits per heavy atom. The van der Waals surface area contributed by atoms with Crippen LogP contribution in [0.5, 0.6) is 0 Å². The van der Waals surface area contributed by atoms with E-state index < -0.39 is 0 Å². The van der Waals surface area contributed by atoms with Crippen LogP contribution in [0.15, 0.2) is 78.9 Å². The maximum atomic E-state index is 13.0. The second-order valence-corrected chi connectivity index (χ2v) is 8.13. The van der Waals surface area contributed by atoms with Gasteiger partial charge in [-0.15, -0.1) is 0 Å². The van der Waals surface area contributed by atoms with Gasteiger partial charge in [0.1, 0.15) is 0 Å².